The molecule has 1 aliphatic heterocycles. The SMILES string of the molecule is O=S(=O)(c1cccc(COC2CNC2)c1)C(F)(F)F. The lowest BCUT2D eigenvalue weighted by Crippen LogP contribution is -2.48. The standard InChI is InChI=1S/C11H12F3NO3S/c12-11(13,14)19(16,17)10-3-1-2-8(4-10)7-18-9-5-15-6-9/h1-4,9,15H,5-7H2. The molecule has 1 aliphatic rings. The lowest BCUT2D eigenvalue weighted by atomic mass is 10.2. The zero-order chi connectivity index (χ0) is 14.1. The minimum absolute atomic E-state index is 0.0304. The van der Waals surface area contributed by atoms with Crippen molar-refractivity contribution in [3.8, 4) is 0 Å². The number of hydrogen-bond donors (Lipinski definition) is 1. The highest BCUT2D eigenvalue weighted by molar-refractivity contribution is 7.92. The molecule has 0 amide bonds. The summed E-state index contributed by atoms with van der Waals surface area (Å²) in [6.45, 7) is 1.48. The largest absolute Gasteiger partial charge is 0.501 e. The van der Waals surface area contributed by atoms with Crippen molar-refractivity contribution in [1.82, 2.24) is 5.32 Å². The van der Waals surface area contributed by atoms with Gasteiger partial charge in [0, 0.05) is 13.1 Å². The van der Waals surface area contributed by atoms with E-state index < -0.39 is 20.2 Å². The van der Waals surface area contributed by atoms with Crippen LogP contribution in [0.15, 0.2) is 29.2 Å². The average molecular weight is 295 g/mol. The zero-order valence-electron chi connectivity index (χ0n) is 9.77. The van der Waals surface area contributed by atoms with Gasteiger partial charge in [0.15, 0.2) is 0 Å². The Morgan fingerprint density at radius 3 is 2.53 bits per heavy atom. The number of ether oxygens (including phenoxy) is 1. The van der Waals surface area contributed by atoms with Crippen molar-refractivity contribution in [2.75, 3.05) is 13.1 Å². The van der Waals surface area contributed by atoms with Crippen molar-refractivity contribution < 1.29 is 26.3 Å². The van der Waals surface area contributed by atoms with E-state index in [1.165, 1.54) is 12.1 Å². The molecule has 1 aromatic rings. The van der Waals surface area contributed by atoms with Crippen LogP contribution in [-0.2, 0) is 21.2 Å². The van der Waals surface area contributed by atoms with Crippen LogP contribution in [0.4, 0.5) is 13.2 Å². The number of rotatable bonds is 4. The van der Waals surface area contributed by atoms with Crippen LogP contribution in [0.2, 0.25) is 0 Å². The van der Waals surface area contributed by atoms with Gasteiger partial charge in [-0.2, -0.15) is 13.2 Å². The topological polar surface area (TPSA) is 55.4 Å². The van der Waals surface area contributed by atoms with Gasteiger partial charge < -0.3 is 10.1 Å². The van der Waals surface area contributed by atoms with E-state index in [1.807, 2.05) is 0 Å². The second-order valence-electron chi connectivity index (χ2n) is 4.19. The van der Waals surface area contributed by atoms with Crippen LogP contribution in [0.1, 0.15) is 5.56 Å². The molecular weight excluding hydrogens is 283 g/mol. The first kappa shape index (κ1) is 14.3. The molecule has 0 aliphatic carbocycles. The van der Waals surface area contributed by atoms with Crippen LogP contribution in [0.5, 0.6) is 0 Å². The number of sulfone groups is 1. The van der Waals surface area contributed by atoms with Gasteiger partial charge in [-0.25, -0.2) is 8.42 Å². The molecule has 0 saturated carbocycles. The summed E-state index contributed by atoms with van der Waals surface area (Å²) in [5.74, 6) is 0. The molecule has 0 radical (unpaired) electrons. The van der Waals surface area contributed by atoms with Crippen molar-refractivity contribution in [2.24, 2.45) is 0 Å². The highest BCUT2D eigenvalue weighted by Crippen LogP contribution is 2.30. The molecule has 1 N–H and O–H groups in total. The fourth-order valence-corrected chi connectivity index (χ4v) is 2.36. The van der Waals surface area contributed by atoms with E-state index in [0.717, 1.165) is 12.1 Å². The average Bonchev–Trinajstić information content (AvgIpc) is 2.26. The van der Waals surface area contributed by atoms with Gasteiger partial charge in [0.05, 0.1) is 17.6 Å². The summed E-state index contributed by atoms with van der Waals surface area (Å²) in [4.78, 5) is -0.757. The number of benzene rings is 1. The van der Waals surface area contributed by atoms with Crippen LogP contribution in [0, 0.1) is 0 Å². The first-order chi connectivity index (χ1) is 8.80. The minimum atomic E-state index is -5.30. The molecule has 4 nitrogen and oxygen atoms in total. The van der Waals surface area contributed by atoms with E-state index in [2.05, 4.69) is 5.32 Å². The van der Waals surface area contributed by atoms with Crippen LogP contribution in [0.25, 0.3) is 0 Å². The molecule has 106 valence electrons. The maximum atomic E-state index is 12.4. The highest BCUT2D eigenvalue weighted by Gasteiger charge is 2.46. The Bertz CT molecular complexity index is 553. The van der Waals surface area contributed by atoms with E-state index in [1.54, 1.807) is 0 Å². The summed E-state index contributed by atoms with van der Waals surface area (Å²) in [7, 11) is -5.30. The van der Waals surface area contributed by atoms with Gasteiger partial charge in [-0.05, 0) is 17.7 Å². The third kappa shape index (κ3) is 3.07. The van der Waals surface area contributed by atoms with Crippen LogP contribution >= 0.6 is 0 Å². The molecular formula is C11H12F3NO3S. The Labute approximate surface area is 108 Å². The number of halogens is 3. The number of hydrogen-bond acceptors (Lipinski definition) is 4. The quantitative estimate of drug-likeness (QED) is 0.914. The maximum absolute atomic E-state index is 12.4. The van der Waals surface area contributed by atoms with Crippen LogP contribution in [0.3, 0.4) is 0 Å². The first-order valence-electron chi connectivity index (χ1n) is 5.53. The Hall–Kier alpha value is -1.12. The Morgan fingerprint density at radius 1 is 1.32 bits per heavy atom. The third-order valence-corrected chi connectivity index (χ3v) is 4.23. The predicted octanol–water partition coefficient (Wildman–Crippen LogP) is 1.47. The van der Waals surface area contributed by atoms with Crippen molar-refractivity contribution in [2.45, 2.75) is 23.1 Å². The lowest BCUT2D eigenvalue weighted by molar-refractivity contribution is -0.0436. The maximum Gasteiger partial charge on any atom is 0.501 e. The number of nitrogens with one attached hydrogen (secondary N) is 1. The van der Waals surface area contributed by atoms with E-state index in [9.17, 15) is 21.6 Å². The Kier molecular flexibility index (Phi) is 3.84. The molecule has 1 heterocycles. The van der Waals surface area contributed by atoms with Crippen LogP contribution in [-0.4, -0.2) is 33.1 Å². The summed E-state index contributed by atoms with van der Waals surface area (Å²) in [5.41, 5.74) is -4.89. The minimum Gasteiger partial charge on any atom is -0.371 e. The van der Waals surface area contributed by atoms with Crippen LogP contribution < -0.4 is 5.32 Å². The predicted molar refractivity (Wildman–Crippen MR) is 61.1 cm³/mol. The lowest BCUT2D eigenvalue weighted by Gasteiger charge is -2.27. The summed E-state index contributed by atoms with van der Waals surface area (Å²) in [5, 5.41) is 2.98. The monoisotopic (exact) mass is 295 g/mol. The van der Waals surface area contributed by atoms with E-state index >= 15 is 0 Å². The zero-order valence-corrected chi connectivity index (χ0v) is 10.6. The summed E-state index contributed by atoms with van der Waals surface area (Å²) >= 11 is 0. The van der Waals surface area contributed by atoms with Crippen molar-refractivity contribution in [1.29, 1.82) is 0 Å². The molecule has 1 saturated heterocycles. The number of alkyl halides is 3. The van der Waals surface area contributed by atoms with Gasteiger partial charge in [-0.15, -0.1) is 0 Å². The Morgan fingerprint density at radius 2 is 2.00 bits per heavy atom. The second kappa shape index (κ2) is 5.10. The highest BCUT2D eigenvalue weighted by atomic mass is 32.2. The summed E-state index contributed by atoms with van der Waals surface area (Å²) in [6, 6.07) is 4.73. The summed E-state index contributed by atoms with van der Waals surface area (Å²) in [6.07, 6.45) is 0.0304. The van der Waals surface area contributed by atoms with Crippen molar-refractivity contribution >= 4 is 9.84 Å². The van der Waals surface area contributed by atoms with Gasteiger partial charge >= 0.3 is 5.51 Å². The molecule has 0 aromatic heterocycles. The van der Waals surface area contributed by atoms with E-state index in [0.29, 0.717) is 18.7 Å². The molecule has 1 fully saturated rings. The molecule has 0 spiro atoms. The smallest absolute Gasteiger partial charge is 0.371 e. The molecule has 0 unspecified atom stereocenters. The van der Waals surface area contributed by atoms with Crippen molar-refractivity contribution in [3.63, 3.8) is 0 Å². The Balaban J connectivity index is 2.14. The molecule has 1 aromatic carbocycles. The van der Waals surface area contributed by atoms with E-state index in [-0.39, 0.29) is 12.7 Å². The molecule has 19 heavy (non-hydrogen) atoms. The fourth-order valence-electron chi connectivity index (χ4n) is 1.53. The molecule has 2 rings (SSSR count). The molecule has 0 bridgehead atoms. The van der Waals surface area contributed by atoms with Gasteiger partial charge in [0.1, 0.15) is 0 Å². The van der Waals surface area contributed by atoms with Gasteiger partial charge in [0.25, 0.3) is 9.84 Å². The van der Waals surface area contributed by atoms with Gasteiger partial charge in [0.2, 0.25) is 0 Å². The fraction of sp³-hybridized carbons (Fsp3) is 0.455. The van der Waals surface area contributed by atoms with Gasteiger partial charge in [-0.3, -0.25) is 0 Å². The third-order valence-electron chi connectivity index (χ3n) is 2.74. The van der Waals surface area contributed by atoms with E-state index in [4.69, 9.17) is 4.74 Å². The molecule has 0 atom stereocenters. The summed E-state index contributed by atoms with van der Waals surface area (Å²) < 4.78 is 65.1. The first-order valence-corrected chi connectivity index (χ1v) is 7.01. The molecule has 8 heteroatoms. The second-order valence-corrected chi connectivity index (χ2v) is 6.13. The normalized spacial score (nSPS) is 17.2. The van der Waals surface area contributed by atoms with Gasteiger partial charge in [-0.1, -0.05) is 12.1 Å². The van der Waals surface area contributed by atoms with Crippen molar-refractivity contribution in [3.05, 3.63) is 29.8 Å².